The summed E-state index contributed by atoms with van der Waals surface area (Å²) < 4.78 is 6.16. The maximum Gasteiger partial charge on any atom is 0.338 e. The maximum absolute atomic E-state index is 12.3. The van der Waals surface area contributed by atoms with E-state index < -0.39 is 5.97 Å². The molecule has 0 amide bonds. The van der Waals surface area contributed by atoms with Gasteiger partial charge in [0, 0.05) is 23.7 Å². The third-order valence-electron chi connectivity index (χ3n) is 3.41. The van der Waals surface area contributed by atoms with Gasteiger partial charge < -0.3 is 9.30 Å². The van der Waals surface area contributed by atoms with Crippen molar-refractivity contribution in [2.75, 3.05) is 7.11 Å². The number of pyridine rings is 1. The number of methoxy groups -OCH3 is 1. The first-order valence-corrected chi connectivity index (χ1v) is 5.91. The number of benzene rings is 1. The molecule has 1 aliphatic rings. The summed E-state index contributed by atoms with van der Waals surface area (Å²) in [5.74, 6) is -0.584. The van der Waals surface area contributed by atoms with Crippen LogP contribution in [0.2, 0.25) is 0 Å². The van der Waals surface area contributed by atoms with E-state index in [1.807, 2.05) is 0 Å². The highest BCUT2D eigenvalue weighted by Crippen LogP contribution is 2.22. The second-order valence-electron chi connectivity index (χ2n) is 4.42. The molecule has 0 saturated carbocycles. The lowest BCUT2D eigenvalue weighted by Crippen LogP contribution is -2.20. The zero-order chi connectivity index (χ0) is 13.6. The van der Waals surface area contributed by atoms with Crippen LogP contribution in [0.25, 0.3) is 10.8 Å². The monoisotopic (exact) mass is 257 g/mol. The molecule has 0 N–H and O–H groups in total. The van der Waals surface area contributed by atoms with Crippen molar-refractivity contribution < 1.29 is 14.3 Å². The molecule has 96 valence electrons. The van der Waals surface area contributed by atoms with Crippen LogP contribution < -0.4 is 5.56 Å². The van der Waals surface area contributed by atoms with Gasteiger partial charge >= 0.3 is 5.97 Å². The van der Waals surface area contributed by atoms with Crippen molar-refractivity contribution >= 4 is 22.5 Å². The molecule has 0 fully saturated rings. The number of nitrogens with zero attached hydrogens (tertiary/aromatic N) is 1. The predicted octanol–water partition coefficient (Wildman–Crippen LogP) is 1.37. The van der Waals surface area contributed by atoms with Crippen molar-refractivity contribution in [2.45, 2.75) is 13.0 Å². The van der Waals surface area contributed by atoms with Crippen molar-refractivity contribution in [3.63, 3.8) is 0 Å². The predicted molar refractivity (Wildman–Crippen MR) is 68.5 cm³/mol. The summed E-state index contributed by atoms with van der Waals surface area (Å²) in [7, 11) is 1.28. The van der Waals surface area contributed by atoms with Crippen LogP contribution in [0.15, 0.2) is 29.1 Å². The number of aromatic nitrogens is 1. The van der Waals surface area contributed by atoms with Gasteiger partial charge in [0.15, 0.2) is 5.78 Å². The van der Waals surface area contributed by atoms with Gasteiger partial charge in [0.1, 0.15) is 0 Å². The topological polar surface area (TPSA) is 65.4 Å². The van der Waals surface area contributed by atoms with Gasteiger partial charge in [-0.3, -0.25) is 9.59 Å². The van der Waals surface area contributed by atoms with Gasteiger partial charge in [-0.25, -0.2) is 4.79 Å². The minimum Gasteiger partial charge on any atom is -0.465 e. The Morgan fingerprint density at radius 3 is 2.79 bits per heavy atom. The molecule has 3 rings (SSSR count). The molecule has 2 aromatic rings. The number of ether oxygens (including phenoxy) is 1. The van der Waals surface area contributed by atoms with Crippen LogP contribution in [-0.4, -0.2) is 23.4 Å². The van der Waals surface area contributed by atoms with Gasteiger partial charge in [-0.05, 0) is 18.2 Å². The zero-order valence-corrected chi connectivity index (χ0v) is 10.3. The van der Waals surface area contributed by atoms with Crippen molar-refractivity contribution in [3.8, 4) is 0 Å². The number of Topliss-reactive ketones (excluding diaryl/α,β-unsaturated/α-hetero) is 1. The van der Waals surface area contributed by atoms with Crippen LogP contribution in [0.3, 0.4) is 0 Å². The molecule has 0 spiro atoms. The van der Waals surface area contributed by atoms with Crippen LogP contribution in [0.1, 0.15) is 27.3 Å². The van der Waals surface area contributed by atoms with Gasteiger partial charge in [0.2, 0.25) is 0 Å². The summed E-state index contributed by atoms with van der Waals surface area (Å²) in [5.41, 5.74) is 0.443. The second-order valence-corrected chi connectivity index (χ2v) is 4.42. The van der Waals surface area contributed by atoms with Crippen molar-refractivity contribution in [2.24, 2.45) is 0 Å². The smallest absolute Gasteiger partial charge is 0.338 e. The summed E-state index contributed by atoms with van der Waals surface area (Å²) in [6, 6.07) is 6.49. The molecule has 0 atom stereocenters. The molecule has 0 unspecified atom stereocenters. The first kappa shape index (κ1) is 11.6. The summed E-state index contributed by atoms with van der Waals surface area (Å²) in [4.78, 5) is 35.7. The summed E-state index contributed by atoms with van der Waals surface area (Å²) in [6.45, 7) is 0.408. The lowest BCUT2D eigenvalue weighted by atomic mass is 10.0. The van der Waals surface area contributed by atoms with E-state index in [1.54, 1.807) is 24.3 Å². The number of fused-ring (bicyclic) bond motifs is 2. The average Bonchev–Trinajstić information content (AvgIpc) is 2.80. The van der Waals surface area contributed by atoms with Gasteiger partial charge in [0.05, 0.1) is 18.4 Å². The minimum absolute atomic E-state index is 0.0707. The molecule has 5 nitrogen and oxygen atoms in total. The molecule has 0 radical (unpaired) electrons. The van der Waals surface area contributed by atoms with Gasteiger partial charge in [-0.1, -0.05) is 6.07 Å². The van der Waals surface area contributed by atoms with Crippen LogP contribution in [0, 0.1) is 0 Å². The number of carbonyl (C=O) groups excluding carboxylic acids is 2. The Kier molecular flexibility index (Phi) is 2.48. The quantitative estimate of drug-likeness (QED) is 0.724. The number of hydrogen-bond donors (Lipinski definition) is 0. The Bertz CT molecular complexity index is 773. The molecule has 0 saturated heterocycles. The molecule has 1 aromatic heterocycles. The molecular weight excluding hydrogens is 246 g/mol. The SMILES string of the molecule is COC(=O)c1cccc2c(=O)n3c(cc12)C(=O)CC3. The van der Waals surface area contributed by atoms with E-state index in [0.717, 1.165) is 0 Å². The lowest BCUT2D eigenvalue weighted by Gasteiger charge is -2.08. The standard InChI is InChI=1S/C14H11NO4/c1-19-14(18)9-4-2-3-8-10(9)7-11-12(16)5-6-15(11)13(8)17/h2-4,7H,5-6H2,1H3. The third kappa shape index (κ3) is 1.58. The summed E-state index contributed by atoms with van der Waals surface area (Å²) in [5, 5.41) is 0.905. The Labute approximate surface area is 108 Å². The highest BCUT2D eigenvalue weighted by atomic mass is 16.5. The van der Waals surface area contributed by atoms with Crippen LogP contribution >= 0.6 is 0 Å². The van der Waals surface area contributed by atoms with E-state index >= 15 is 0 Å². The Morgan fingerprint density at radius 2 is 2.05 bits per heavy atom. The van der Waals surface area contributed by atoms with E-state index in [2.05, 4.69) is 0 Å². The van der Waals surface area contributed by atoms with Crippen molar-refractivity contribution in [1.82, 2.24) is 4.57 Å². The van der Waals surface area contributed by atoms with Crippen LogP contribution in [0.4, 0.5) is 0 Å². The molecular formula is C14H11NO4. The number of hydrogen-bond acceptors (Lipinski definition) is 4. The van der Waals surface area contributed by atoms with E-state index in [1.165, 1.54) is 11.7 Å². The zero-order valence-electron chi connectivity index (χ0n) is 10.3. The highest BCUT2D eigenvalue weighted by Gasteiger charge is 2.23. The normalized spacial score (nSPS) is 13.6. The first-order chi connectivity index (χ1) is 9.13. The van der Waals surface area contributed by atoms with Crippen LogP contribution in [0.5, 0.6) is 0 Å². The Balaban J connectivity index is 2.43. The number of rotatable bonds is 1. The fourth-order valence-corrected chi connectivity index (χ4v) is 2.46. The van der Waals surface area contributed by atoms with E-state index in [9.17, 15) is 14.4 Å². The number of esters is 1. The average molecular weight is 257 g/mol. The van der Waals surface area contributed by atoms with E-state index in [0.29, 0.717) is 35.0 Å². The number of carbonyl (C=O) groups is 2. The summed E-state index contributed by atoms with van der Waals surface area (Å²) in [6.07, 6.45) is 0.332. The molecule has 0 bridgehead atoms. The van der Waals surface area contributed by atoms with E-state index in [4.69, 9.17) is 4.74 Å². The first-order valence-electron chi connectivity index (χ1n) is 5.91. The Hall–Kier alpha value is -2.43. The molecule has 1 aliphatic heterocycles. The fraction of sp³-hybridized carbons (Fsp3) is 0.214. The molecule has 19 heavy (non-hydrogen) atoms. The van der Waals surface area contributed by atoms with Crippen molar-refractivity contribution in [1.29, 1.82) is 0 Å². The maximum atomic E-state index is 12.3. The highest BCUT2D eigenvalue weighted by molar-refractivity contribution is 6.07. The molecule has 2 heterocycles. The second kappa shape index (κ2) is 4.05. The van der Waals surface area contributed by atoms with Gasteiger partial charge in [-0.2, -0.15) is 0 Å². The van der Waals surface area contributed by atoms with Crippen molar-refractivity contribution in [3.05, 3.63) is 45.9 Å². The molecule has 5 heteroatoms. The minimum atomic E-state index is -0.514. The fourth-order valence-electron chi connectivity index (χ4n) is 2.46. The number of ketones is 1. The summed E-state index contributed by atoms with van der Waals surface area (Å²) >= 11 is 0. The van der Waals surface area contributed by atoms with Crippen LogP contribution in [-0.2, 0) is 11.3 Å². The molecule has 0 aliphatic carbocycles. The largest absolute Gasteiger partial charge is 0.465 e. The third-order valence-corrected chi connectivity index (χ3v) is 3.41. The molecule has 1 aromatic carbocycles. The van der Waals surface area contributed by atoms with Gasteiger partial charge in [-0.15, -0.1) is 0 Å². The lowest BCUT2D eigenvalue weighted by molar-refractivity contribution is 0.0603. The Morgan fingerprint density at radius 1 is 1.26 bits per heavy atom. The van der Waals surface area contributed by atoms with Gasteiger partial charge in [0.25, 0.3) is 5.56 Å². The van der Waals surface area contributed by atoms with E-state index in [-0.39, 0.29) is 11.3 Å².